The van der Waals surface area contributed by atoms with Gasteiger partial charge in [0.15, 0.2) is 10.9 Å². The van der Waals surface area contributed by atoms with Crippen LogP contribution in [0.25, 0.3) is 0 Å². The maximum absolute atomic E-state index is 11.8. The van der Waals surface area contributed by atoms with Gasteiger partial charge in [-0.2, -0.15) is 10.4 Å². The summed E-state index contributed by atoms with van der Waals surface area (Å²) >= 11 is 5.08. The molecule has 0 spiro atoms. The average Bonchev–Trinajstić information content (AvgIpc) is 2.84. The molecule has 0 aromatic carbocycles. The van der Waals surface area contributed by atoms with Crippen molar-refractivity contribution in [3.05, 3.63) is 11.3 Å². The number of nitrogens with zero attached hydrogens (tertiary/aromatic N) is 3. The van der Waals surface area contributed by atoms with Crippen molar-refractivity contribution in [1.82, 2.24) is 20.4 Å². The van der Waals surface area contributed by atoms with Gasteiger partial charge in [0.1, 0.15) is 17.7 Å². The molecule has 19 heavy (non-hydrogen) atoms. The molecule has 100 valence electrons. The summed E-state index contributed by atoms with van der Waals surface area (Å²) in [6.45, 7) is 2.29. The standard InChI is InChI=1S/C11H14N6OS/c1-6-10(18)17(11(19)14-6)4-2-3-8-7(5-12)9(13)16-15-8/h6H,2-4H2,1H3,(H,14,19)(H3,13,15,16). The third-order valence-corrected chi connectivity index (χ3v) is 3.35. The number of anilines is 1. The van der Waals surface area contributed by atoms with Crippen LogP contribution in [0.15, 0.2) is 0 Å². The largest absolute Gasteiger partial charge is 0.381 e. The van der Waals surface area contributed by atoms with E-state index < -0.39 is 0 Å². The van der Waals surface area contributed by atoms with E-state index in [-0.39, 0.29) is 17.8 Å². The number of nitrogen functional groups attached to an aromatic ring is 1. The molecule has 2 rings (SSSR count). The molecular formula is C11H14N6OS. The fraction of sp³-hybridized carbons (Fsp3) is 0.455. The summed E-state index contributed by atoms with van der Waals surface area (Å²) in [5.74, 6) is 0.190. The van der Waals surface area contributed by atoms with Gasteiger partial charge in [-0.15, -0.1) is 0 Å². The average molecular weight is 278 g/mol. The van der Waals surface area contributed by atoms with Gasteiger partial charge in [0.2, 0.25) is 0 Å². The molecule has 0 bridgehead atoms. The zero-order valence-electron chi connectivity index (χ0n) is 10.4. The Morgan fingerprint density at radius 1 is 1.63 bits per heavy atom. The first kappa shape index (κ1) is 13.3. The number of nitriles is 1. The SMILES string of the molecule is CC1NC(=S)N(CCCc2[nH]nc(N)c2C#N)C1=O. The van der Waals surface area contributed by atoms with Crippen molar-refractivity contribution in [3.8, 4) is 6.07 Å². The second kappa shape index (κ2) is 5.24. The number of carbonyl (C=O) groups is 1. The molecule has 1 aromatic rings. The quantitative estimate of drug-likeness (QED) is 0.663. The molecular weight excluding hydrogens is 264 g/mol. The molecule has 0 radical (unpaired) electrons. The lowest BCUT2D eigenvalue weighted by molar-refractivity contribution is -0.126. The highest BCUT2D eigenvalue weighted by Gasteiger charge is 2.31. The summed E-state index contributed by atoms with van der Waals surface area (Å²) < 4.78 is 0. The van der Waals surface area contributed by atoms with Gasteiger partial charge in [0.05, 0.1) is 5.69 Å². The Balaban J connectivity index is 1.92. The molecule has 2 heterocycles. The second-order valence-corrected chi connectivity index (χ2v) is 4.73. The number of aromatic amines is 1. The van der Waals surface area contributed by atoms with Crippen molar-refractivity contribution in [1.29, 1.82) is 5.26 Å². The van der Waals surface area contributed by atoms with Gasteiger partial charge in [-0.3, -0.25) is 14.8 Å². The third kappa shape index (κ3) is 2.51. The molecule has 0 saturated carbocycles. The number of rotatable bonds is 4. The predicted octanol–water partition coefficient (Wildman–Crippen LogP) is -0.0986. The molecule has 8 heteroatoms. The van der Waals surface area contributed by atoms with Crippen LogP contribution in [-0.2, 0) is 11.2 Å². The van der Waals surface area contributed by atoms with Crippen LogP contribution in [0.3, 0.4) is 0 Å². The zero-order chi connectivity index (χ0) is 14.0. The summed E-state index contributed by atoms with van der Waals surface area (Å²) in [5.41, 5.74) is 6.62. The number of aromatic nitrogens is 2. The van der Waals surface area contributed by atoms with Crippen LogP contribution < -0.4 is 11.1 Å². The maximum Gasteiger partial charge on any atom is 0.250 e. The minimum atomic E-state index is -0.259. The Kier molecular flexibility index (Phi) is 3.66. The first-order valence-electron chi connectivity index (χ1n) is 5.89. The summed E-state index contributed by atoms with van der Waals surface area (Å²) in [5, 5.41) is 18.8. The summed E-state index contributed by atoms with van der Waals surface area (Å²) in [4.78, 5) is 13.3. The summed E-state index contributed by atoms with van der Waals surface area (Å²) in [7, 11) is 0. The Bertz CT molecular complexity index is 560. The summed E-state index contributed by atoms with van der Waals surface area (Å²) in [6, 6.07) is 1.75. The molecule has 1 atom stereocenters. The first-order chi connectivity index (χ1) is 9.04. The molecule has 1 unspecified atom stereocenters. The van der Waals surface area contributed by atoms with E-state index in [1.54, 1.807) is 11.8 Å². The molecule has 4 N–H and O–H groups in total. The van der Waals surface area contributed by atoms with Crippen molar-refractivity contribution < 1.29 is 4.79 Å². The Labute approximate surface area is 115 Å². The number of amides is 1. The Hall–Kier alpha value is -2.14. The van der Waals surface area contributed by atoms with E-state index in [1.165, 1.54) is 0 Å². The minimum Gasteiger partial charge on any atom is -0.381 e. The smallest absolute Gasteiger partial charge is 0.250 e. The van der Waals surface area contributed by atoms with E-state index in [1.807, 2.05) is 6.07 Å². The van der Waals surface area contributed by atoms with Crippen LogP contribution in [0.4, 0.5) is 5.82 Å². The van der Waals surface area contributed by atoms with E-state index in [0.29, 0.717) is 35.8 Å². The summed E-state index contributed by atoms with van der Waals surface area (Å²) in [6.07, 6.45) is 1.27. The normalized spacial score (nSPS) is 18.5. The second-order valence-electron chi connectivity index (χ2n) is 4.34. The lowest BCUT2D eigenvalue weighted by atomic mass is 10.1. The number of hydrogen-bond acceptors (Lipinski definition) is 5. The molecule has 1 aliphatic rings. The number of carbonyl (C=O) groups excluding carboxylic acids is 1. The van der Waals surface area contributed by atoms with Gasteiger partial charge >= 0.3 is 0 Å². The highest BCUT2D eigenvalue weighted by molar-refractivity contribution is 7.80. The molecule has 1 fully saturated rings. The predicted molar refractivity (Wildman–Crippen MR) is 72.9 cm³/mol. The van der Waals surface area contributed by atoms with Crippen LogP contribution in [0.2, 0.25) is 0 Å². The van der Waals surface area contributed by atoms with Crippen molar-refractivity contribution in [3.63, 3.8) is 0 Å². The van der Waals surface area contributed by atoms with Crippen molar-refractivity contribution in [2.45, 2.75) is 25.8 Å². The van der Waals surface area contributed by atoms with Gasteiger partial charge < -0.3 is 11.1 Å². The maximum atomic E-state index is 11.8. The third-order valence-electron chi connectivity index (χ3n) is 3.01. The molecule has 1 aromatic heterocycles. The molecule has 1 amide bonds. The first-order valence-corrected chi connectivity index (χ1v) is 6.30. The van der Waals surface area contributed by atoms with E-state index in [2.05, 4.69) is 15.5 Å². The zero-order valence-corrected chi connectivity index (χ0v) is 11.3. The molecule has 7 nitrogen and oxygen atoms in total. The highest BCUT2D eigenvalue weighted by atomic mass is 32.1. The van der Waals surface area contributed by atoms with Gasteiger partial charge in [-0.05, 0) is 32.0 Å². The van der Waals surface area contributed by atoms with E-state index >= 15 is 0 Å². The fourth-order valence-electron chi connectivity index (χ4n) is 1.98. The van der Waals surface area contributed by atoms with E-state index in [9.17, 15) is 4.79 Å². The van der Waals surface area contributed by atoms with Crippen LogP contribution in [0, 0.1) is 11.3 Å². The number of thiocarbonyl (C=S) groups is 1. The van der Waals surface area contributed by atoms with Gasteiger partial charge in [-0.25, -0.2) is 0 Å². The molecule has 1 saturated heterocycles. The van der Waals surface area contributed by atoms with Gasteiger partial charge in [0, 0.05) is 6.54 Å². The van der Waals surface area contributed by atoms with Gasteiger partial charge in [0.25, 0.3) is 5.91 Å². The van der Waals surface area contributed by atoms with Crippen LogP contribution in [0.1, 0.15) is 24.6 Å². The fourth-order valence-corrected chi connectivity index (χ4v) is 2.34. The van der Waals surface area contributed by atoms with Crippen molar-refractivity contribution in [2.24, 2.45) is 0 Å². The van der Waals surface area contributed by atoms with Crippen LogP contribution in [-0.4, -0.2) is 38.7 Å². The minimum absolute atomic E-state index is 0.0189. The van der Waals surface area contributed by atoms with E-state index in [0.717, 1.165) is 0 Å². The Morgan fingerprint density at radius 2 is 2.37 bits per heavy atom. The van der Waals surface area contributed by atoms with Crippen molar-refractivity contribution >= 4 is 29.1 Å². The van der Waals surface area contributed by atoms with Crippen molar-refractivity contribution in [2.75, 3.05) is 12.3 Å². The lowest BCUT2D eigenvalue weighted by Crippen LogP contribution is -2.32. The topological polar surface area (TPSA) is 111 Å². The number of nitrogens with one attached hydrogen (secondary N) is 2. The number of hydrogen-bond donors (Lipinski definition) is 3. The molecule has 1 aliphatic heterocycles. The van der Waals surface area contributed by atoms with E-state index in [4.69, 9.17) is 23.2 Å². The highest BCUT2D eigenvalue weighted by Crippen LogP contribution is 2.14. The Morgan fingerprint density at radius 3 is 2.95 bits per heavy atom. The number of H-pyrrole nitrogens is 1. The number of nitrogens with two attached hydrogens (primary N) is 1. The van der Waals surface area contributed by atoms with Gasteiger partial charge in [-0.1, -0.05) is 0 Å². The monoisotopic (exact) mass is 278 g/mol. The van der Waals surface area contributed by atoms with Crippen LogP contribution in [0.5, 0.6) is 0 Å². The lowest BCUT2D eigenvalue weighted by Gasteiger charge is -2.13. The number of aryl methyl sites for hydroxylation is 1. The molecule has 0 aliphatic carbocycles. The van der Waals surface area contributed by atoms with Crippen LogP contribution >= 0.6 is 12.2 Å².